The lowest BCUT2D eigenvalue weighted by atomic mass is 9.75. The fourth-order valence-corrected chi connectivity index (χ4v) is 4.66. The molecule has 0 saturated heterocycles. The summed E-state index contributed by atoms with van der Waals surface area (Å²) in [6.07, 6.45) is 0.657. The van der Waals surface area contributed by atoms with Crippen LogP contribution in [0.3, 0.4) is 0 Å². The minimum absolute atomic E-state index is 0.00118. The second kappa shape index (κ2) is 7.22. The predicted molar refractivity (Wildman–Crippen MR) is 97.4 cm³/mol. The van der Waals surface area contributed by atoms with E-state index < -0.39 is 17.5 Å². The highest BCUT2D eigenvalue weighted by molar-refractivity contribution is 7.09. The van der Waals surface area contributed by atoms with Gasteiger partial charge in [-0.2, -0.15) is 13.2 Å². The van der Waals surface area contributed by atoms with E-state index in [1.165, 1.54) is 17.1 Å². The second-order valence-electron chi connectivity index (χ2n) is 7.60. The number of phenols is 1. The maximum absolute atomic E-state index is 13.0. The van der Waals surface area contributed by atoms with Gasteiger partial charge in [0.15, 0.2) is 0 Å². The van der Waals surface area contributed by atoms with E-state index in [2.05, 4.69) is 6.92 Å². The number of aromatic nitrogens is 1. The van der Waals surface area contributed by atoms with Crippen molar-refractivity contribution in [2.75, 3.05) is 0 Å². The molecule has 2 aromatic rings. The zero-order valence-electron chi connectivity index (χ0n) is 15.0. The van der Waals surface area contributed by atoms with Crippen LogP contribution in [-0.4, -0.2) is 14.8 Å². The number of alkyl halides is 3. The molecule has 0 radical (unpaired) electrons. The number of phenolic OH excluding ortho intramolecular Hbond substituents is 1. The topological polar surface area (TPSA) is 62.5 Å². The highest BCUT2D eigenvalue weighted by Crippen LogP contribution is 2.39. The van der Waals surface area contributed by atoms with Gasteiger partial charge in [-0.3, -0.25) is 9.36 Å². The fourth-order valence-electron chi connectivity index (χ4n) is 3.75. The van der Waals surface area contributed by atoms with Crippen LogP contribution in [0.25, 0.3) is 0 Å². The van der Waals surface area contributed by atoms with Crippen LogP contribution in [0.4, 0.5) is 13.2 Å². The van der Waals surface area contributed by atoms with E-state index in [1.54, 1.807) is 0 Å². The van der Waals surface area contributed by atoms with E-state index >= 15 is 0 Å². The van der Waals surface area contributed by atoms with Gasteiger partial charge in [0.1, 0.15) is 5.75 Å². The first-order valence-electron chi connectivity index (χ1n) is 8.90. The average molecular weight is 401 g/mol. The fraction of sp³-hybridized carbons (Fsp3) is 0.526. The number of hydrogen-bond donors (Lipinski definition) is 2. The molecule has 1 heterocycles. The maximum atomic E-state index is 13.0. The third-order valence-electron chi connectivity index (χ3n) is 5.27. The van der Waals surface area contributed by atoms with Gasteiger partial charge < -0.3 is 10.2 Å². The number of aromatic hydroxyl groups is 2. The number of thiazole rings is 1. The van der Waals surface area contributed by atoms with E-state index in [1.807, 2.05) is 0 Å². The zero-order chi connectivity index (χ0) is 19.8. The summed E-state index contributed by atoms with van der Waals surface area (Å²) >= 11 is 0.854. The Morgan fingerprint density at radius 1 is 1.19 bits per heavy atom. The summed E-state index contributed by atoms with van der Waals surface area (Å²) in [4.78, 5) is 12.4. The molecule has 2 N–H and O–H groups in total. The van der Waals surface area contributed by atoms with Gasteiger partial charge >= 0.3 is 11.0 Å². The van der Waals surface area contributed by atoms with E-state index in [0.29, 0.717) is 11.4 Å². The van der Waals surface area contributed by atoms with Crippen LogP contribution in [-0.2, 0) is 19.1 Å². The van der Waals surface area contributed by atoms with Crippen molar-refractivity contribution in [1.82, 2.24) is 4.57 Å². The lowest BCUT2D eigenvalue weighted by Crippen LogP contribution is -2.29. The van der Waals surface area contributed by atoms with Crippen molar-refractivity contribution in [3.63, 3.8) is 0 Å². The van der Waals surface area contributed by atoms with Gasteiger partial charge in [-0.15, -0.1) is 0 Å². The third kappa shape index (κ3) is 4.31. The Hall–Kier alpha value is -1.96. The molecule has 0 aliphatic heterocycles. The van der Waals surface area contributed by atoms with Crippen LogP contribution >= 0.6 is 11.3 Å². The Bertz CT molecular complexity index is 879. The summed E-state index contributed by atoms with van der Waals surface area (Å²) in [5.41, 5.74) is -0.909. The van der Waals surface area contributed by atoms with Crippen LogP contribution in [0.2, 0.25) is 0 Å². The first-order chi connectivity index (χ1) is 12.6. The summed E-state index contributed by atoms with van der Waals surface area (Å²) in [5.74, 6) is -1.01. The second-order valence-corrected chi connectivity index (χ2v) is 8.64. The van der Waals surface area contributed by atoms with Crippen LogP contribution < -0.4 is 4.87 Å². The van der Waals surface area contributed by atoms with Crippen LogP contribution in [0.5, 0.6) is 11.6 Å². The molecule has 1 saturated carbocycles. The van der Waals surface area contributed by atoms with Crippen molar-refractivity contribution in [3.05, 3.63) is 43.9 Å². The molecule has 1 aromatic heterocycles. The molecule has 1 aromatic carbocycles. The zero-order valence-corrected chi connectivity index (χ0v) is 15.8. The molecule has 0 atom stereocenters. The van der Waals surface area contributed by atoms with Gasteiger partial charge in [0.2, 0.25) is 5.88 Å². The summed E-state index contributed by atoms with van der Waals surface area (Å²) in [5, 5.41) is 19.9. The van der Waals surface area contributed by atoms with Gasteiger partial charge in [0.25, 0.3) is 0 Å². The smallest absolute Gasteiger partial charge is 0.419 e. The first-order valence-corrected chi connectivity index (χ1v) is 9.71. The van der Waals surface area contributed by atoms with Crippen molar-refractivity contribution in [1.29, 1.82) is 0 Å². The van der Waals surface area contributed by atoms with E-state index in [4.69, 9.17) is 0 Å². The van der Waals surface area contributed by atoms with Gasteiger partial charge in [0, 0.05) is 13.0 Å². The molecular formula is C19H22F3NO3S. The van der Waals surface area contributed by atoms with Crippen molar-refractivity contribution in [3.8, 4) is 11.6 Å². The molecule has 0 spiro atoms. The Morgan fingerprint density at radius 2 is 1.85 bits per heavy atom. The normalized spacial score (nSPS) is 17.2. The predicted octanol–water partition coefficient (Wildman–Crippen LogP) is 4.90. The standard InChI is InChI=1S/C19H22F3NO3S/c1-18(7-3-2-4-8-18)11-23-16(25)15(27-17(23)26)10-12-5-6-14(24)13(9-12)19(20,21)22/h5-6,9,24-25H,2-4,7-8,10-11H2,1H3. The summed E-state index contributed by atoms with van der Waals surface area (Å²) in [6.45, 7) is 2.52. The Labute approximate surface area is 158 Å². The van der Waals surface area contributed by atoms with Gasteiger partial charge in [-0.05, 0) is 36.0 Å². The lowest BCUT2D eigenvalue weighted by Gasteiger charge is -2.33. The molecule has 1 aliphatic carbocycles. The van der Waals surface area contributed by atoms with Crippen LogP contribution in [0.1, 0.15) is 55.0 Å². The number of benzene rings is 1. The molecule has 0 amide bonds. The van der Waals surface area contributed by atoms with Crippen LogP contribution in [0.15, 0.2) is 23.0 Å². The summed E-state index contributed by atoms with van der Waals surface area (Å²) < 4.78 is 40.2. The molecular weight excluding hydrogens is 379 g/mol. The van der Waals surface area contributed by atoms with Gasteiger partial charge in [-0.1, -0.05) is 43.6 Å². The average Bonchev–Trinajstić information content (AvgIpc) is 2.83. The molecule has 27 heavy (non-hydrogen) atoms. The largest absolute Gasteiger partial charge is 0.507 e. The number of rotatable bonds is 4. The van der Waals surface area contributed by atoms with E-state index in [-0.39, 0.29) is 28.2 Å². The Morgan fingerprint density at radius 3 is 2.48 bits per heavy atom. The van der Waals surface area contributed by atoms with Gasteiger partial charge in [0.05, 0.1) is 10.4 Å². The molecule has 4 nitrogen and oxygen atoms in total. The monoisotopic (exact) mass is 401 g/mol. The Balaban J connectivity index is 1.86. The maximum Gasteiger partial charge on any atom is 0.419 e. The summed E-state index contributed by atoms with van der Waals surface area (Å²) in [7, 11) is 0. The van der Waals surface area contributed by atoms with E-state index in [9.17, 15) is 28.2 Å². The highest BCUT2D eigenvalue weighted by Gasteiger charge is 2.34. The highest BCUT2D eigenvalue weighted by atomic mass is 32.1. The van der Waals surface area contributed by atoms with E-state index in [0.717, 1.165) is 49.2 Å². The molecule has 0 unspecified atom stereocenters. The minimum Gasteiger partial charge on any atom is -0.507 e. The molecule has 1 aliphatic rings. The quantitative estimate of drug-likeness (QED) is 0.766. The minimum atomic E-state index is -4.67. The lowest BCUT2D eigenvalue weighted by molar-refractivity contribution is -0.138. The third-order valence-corrected chi connectivity index (χ3v) is 6.24. The van der Waals surface area contributed by atoms with Crippen molar-refractivity contribution >= 4 is 11.3 Å². The molecule has 3 rings (SSSR count). The molecule has 148 valence electrons. The number of nitrogens with zero attached hydrogens (tertiary/aromatic N) is 1. The Kier molecular flexibility index (Phi) is 5.29. The van der Waals surface area contributed by atoms with Crippen molar-refractivity contribution < 1.29 is 23.4 Å². The number of hydrogen-bond acceptors (Lipinski definition) is 4. The number of halogens is 3. The molecule has 8 heteroatoms. The summed E-state index contributed by atoms with van der Waals surface area (Å²) in [6, 6.07) is 3.20. The first kappa shape index (κ1) is 19.8. The molecule has 0 bridgehead atoms. The van der Waals surface area contributed by atoms with Crippen molar-refractivity contribution in [2.45, 2.75) is 58.2 Å². The van der Waals surface area contributed by atoms with Crippen molar-refractivity contribution in [2.24, 2.45) is 5.41 Å². The SMILES string of the molecule is CC1(Cn2c(O)c(Cc3ccc(O)c(C(F)(F)F)c3)sc2=O)CCCCC1. The molecule has 1 fully saturated rings. The van der Waals surface area contributed by atoms with Crippen LogP contribution in [0, 0.1) is 5.41 Å². The van der Waals surface area contributed by atoms with Gasteiger partial charge in [-0.25, -0.2) is 0 Å².